The predicted molar refractivity (Wildman–Crippen MR) is 81.9 cm³/mol. The van der Waals surface area contributed by atoms with Crippen LogP contribution in [0.4, 0.5) is 0 Å². The van der Waals surface area contributed by atoms with Crippen molar-refractivity contribution in [2.24, 2.45) is 4.99 Å². The molecule has 0 unspecified atom stereocenters. The summed E-state index contributed by atoms with van der Waals surface area (Å²) in [5.74, 6) is 1.06. The van der Waals surface area contributed by atoms with Crippen molar-refractivity contribution in [3.8, 4) is 0 Å². The quantitative estimate of drug-likeness (QED) is 0.678. The second kappa shape index (κ2) is 7.39. The largest absolute Gasteiger partial charge is 0.357 e. The molecular weight excluding hydrogens is 258 g/mol. The van der Waals surface area contributed by atoms with Crippen molar-refractivity contribution < 1.29 is 0 Å². The van der Waals surface area contributed by atoms with Crippen LogP contribution in [-0.4, -0.2) is 37.0 Å². The monoisotopic (exact) mass is 279 g/mol. The lowest BCUT2D eigenvalue weighted by atomic mass is 10.1. The van der Waals surface area contributed by atoms with Crippen molar-refractivity contribution >= 4 is 17.6 Å². The molecule has 19 heavy (non-hydrogen) atoms. The van der Waals surface area contributed by atoms with Gasteiger partial charge in [0.05, 0.1) is 0 Å². The molecule has 1 aliphatic rings. The smallest absolute Gasteiger partial charge is 0.193 e. The van der Waals surface area contributed by atoms with Gasteiger partial charge in [-0.15, -0.1) is 0 Å². The number of hydrogen-bond donors (Lipinski definition) is 1. The van der Waals surface area contributed by atoms with E-state index in [2.05, 4.69) is 29.3 Å². The maximum atomic E-state index is 5.88. The number of likely N-dealkylation sites (tertiary alicyclic amines) is 1. The molecule has 0 radical (unpaired) electrons. The third-order valence-electron chi connectivity index (χ3n) is 3.32. The highest BCUT2D eigenvalue weighted by Crippen LogP contribution is 2.10. The van der Waals surface area contributed by atoms with Crippen LogP contribution >= 0.6 is 11.6 Å². The van der Waals surface area contributed by atoms with E-state index in [1.54, 1.807) is 0 Å². The molecule has 0 spiro atoms. The lowest BCUT2D eigenvalue weighted by molar-refractivity contribution is 0.494. The van der Waals surface area contributed by atoms with Gasteiger partial charge in [0.1, 0.15) is 0 Å². The van der Waals surface area contributed by atoms with E-state index in [9.17, 15) is 0 Å². The van der Waals surface area contributed by atoms with Crippen LogP contribution in [-0.2, 0) is 6.42 Å². The second-order valence-corrected chi connectivity index (χ2v) is 5.24. The number of aliphatic imine (C=N–C) groups is 1. The summed E-state index contributed by atoms with van der Waals surface area (Å²) in [7, 11) is 0. The van der Waals surface area contributed by atoms with E-state index in [4.69, 9.17) is 16.6 Å². The van der Waals surface area contributed by atoms with Crippen molar-refractivity contribution in [3.05, 3.63) is 34.9 Å². The number of hydrogen-bond acceptors (Lipinski definition) is 1. The average Bonchev–Trinajstić information content (AvgIpc) is 2.94. The van der Waals surface area contributed by atoms with Crippen LogP contribution in [0.3, 0.4) is 0 Å². The summed E-state index contributed by atoms with van der Waals surface area (Å²) >= 11 is 5.88. The first kappa shape index (κ1) is 14.2. The lowest BCUT2D eigenvalue weighted by Gasteiger charge is -2.20. The van der Waals surface area contributed by atoms with Crippen LogP contribution in [0.2, 0.25) is 5.02 Å². The normalized spacial score (nSPS) is 15.9. The molecule has 0 saturated carbocycles. The highest BCUT2D eigenvalue weighted by atomic mass is 35.5. The standard InChI is InChI=1S/C15H22ClN3/c1-2-17-15(19-11-3-4-12-19)18-10-9-13-5-7-14(16)8-6-13/h5-8H,2-4,9-12H2,1H3,(H,17,18). The molecule has 0 bridgehead atoms. The maximum absolute atomic E-state index is 5.88. The molecule has 1 saturated heterocycles. The Balaban J connectivity index is 1.88. The molecule has 1 fully saturated rings. The predicted octanol–water partition coefficient (Wildman–Crippen LogP) is 2.94. The Hall–Kier alpha value is -1.22. The summed E-state index contributed by atoms with van der Waals surface area (Å²) in [5.41, 5.74) is 1.28. The first-order valence-corrected chi connectivity index (χ1v) is 7.45. The van der Waals surface area contributed by atoms with Crippen LogP contribution in [0.25, 0.3) is 0 Å². The van der Waals surface area contributed by atoms with E-state index in [1.807, 2.05) is 12.1 Å². The first-order valence-electron chi connectivity index (χ1n) is 7.07. The summed E-state index contributed by atoms with van der Waals surface area (Å²) in [6.07, 6.45) is 3.52. The van der Waals surface area contributed by atoms with Gasteiger partial charge in [-0.25, -0.2) is 0 Å². The number of halogens is 1. The summed E-state index contributed by atoms with van der Waals surface area (Å²) in [5, 5.41) is 4.16. The molecule has 1 aromatic carbocycles. The molecule has 3 nitrogen and oxygen atoms in total. The fourth-order valence-electron chi connectivity index (χ4n) is 2.30. The van der Waals surface area contributed by atoms with Crippen LogP contribution in [0.15, 0.2) is 29.3 Å². The molecule has 104 valence electrons. The zero-order valence-electron chi connectivity index (χ0n) is 11.5. The van der Waals surface area contributed by atoms with Gasteiger partial charge in [0, 0.05) is 31.2 Å². The van der Waals surface area contributed by atoms with Gasteiger partial charge in [-0.2, -0.15) is 0 Å². The van der Waals surface area contributed by atoms with Crippen molar-refractivity contribution in [3.63, 3.8) is 0 Å². The Morgan fingerprint density at radius 3 is 2.58 bits per heavy atom. The molecule has 4 heteroatoms. The van der Waals surface area contributed by atoms with Gasteiger partial charge < -0.3 is 10.2 Å². The van der Waals surface area contributed by atoms with Gasteiger partial charge in [0.2, 0.25) is 0 Å². The fourth-order valence-corrected chi connectivity index (χ4v) is 2.42. The third-order valence-corrected chi connectivity index (χ3v) is 3.57. The molecular formula is C15H22ClN3. The summed E-state index contributed by atoms with van der Waals surface area (Å²) in [6.45, 7) is 6.13. The zero-order chi connectivity index (χ0) is 13.5. The summed E-state index contributed by atoms with van der Waals surface area (Å²) in [4.78, 5) is 7.06. The number of rotatable bonds is 4. The van der Waals surface area contributed by atoms with Crippen LogP contribution < -0.4 is 5.32 Å². The number of guanidine groups is 1. The van der Waals surface area contributed by atoms with Crippen molar-refractivity contribution in [1.82, 2.24) is 10.2 Å². The van der Waals surface area contributed by atoms with E-state index in [0.29, 0.717) is 0 Å². The molecule has 0 amide bonds. The lowest BCUT2D eigenvalue weighted by Crippen LogP contribution is -2.39. The molecule has 1 N–H and O–H groups in total. The fraction of sp³-hybridized carbons (Fsp3) is 0.533. The van der Waals surface area contributed by atoms with E-state index in [0.717, 1.165) is 43.6 Å². The Morgan fingerprint density at radius 2 is 1.95 bits per heavy atom. The van der Waals surface area contributed by atoms with Crippen LogP contribution in [0.1, 0.15) is 25.3 Å². The van der Waals surface area contributed by atoms with Gasteiger partial charge in [0.25, 0.3) is 0 Å². The molecule has 1 heterocycles. The van der Waals surface area contributed by atoms with E-state index in [-0.39, 0.29) is 0 Å². The molecule has 1 aromatic rings. The van der Waals surface area contributed by atoms with Crippen molar-refractivity contribution in [1.29, 1.82) is 0 Å². The highest BCUT2D eigenvalue weighted by molar-refractivity contribution is 6.30. The van der Waals surface area contributed by atoms with E-state index in [1.165, 1.54) is 18.4 Å². The van der Waals surface area contributed by atoms with E-state index < -0.39 is 0 Å². The molecule has 0 aliphatic carbocycles. The SMILES string of the molecule is CCNC(=NCCc1ccc(Cl)cc1)N1CCCC1. The Bertz CT molecular complexity index is 408. The molecule has 0 aromatic heterocycles. The minimum atomic E-state index is 0.789. The minimum absolute atomic E-state index is 0.789. The first-order chi connectivity index (χ1) is 9.29. The van der Waals surface area contributed by atoms with Crippen molar-refractivity contribution in [2.45, 2.75) is 26.2 Å². The van der Waals surface area contributed by atoms with Gasteiger partial charge in [-0.3, -0.25) is 4.99 Å². The number of nitrogens with one attached hydrogen (secondary N) is 1. The van der Waals surface area contributed by atoms with Gasteiger partial charge in [-0.05, 0) is 43.9 Å². The second-order valence-electron chi connectivity index (χ2n) is 4.81. The van der Waals surface area contributed by atoms with Gasteiger partial charge in [-0.1, -0.05) is 23.7 Å². The van der Waals surface area contributed by atoms with Crippen molar-refractivity contribution in [2.75, 3.05) is 26.2 Å². The molecule has 0 atom stereocenters. The molecule has 1 aliphatic heterocycles. The highest BCUT2D eigenvalue weighted by Gasteiger charge is 2.14. The number of benzene rings is 1. The topological polar surface area (TPSA) is 27.6 Å². The zero-order valence-corrected chi connectivity index (χ0v) is 12.3. The molecule has 2 rings (SSSR count). The Kier molecular flexibility index (Phi) is 5.52. The Morgan fingerprint density at radius 1 is 1.26 bits per heavy atom. The summed E-state index contributed by atoms with van der Waals surface area (Å²) < 4.78 is 0. The van der Waals surface area contributed by atoms with Gasteiger partial charge >= 0.3 is 0 Å². The van der Waals surface area contributed by atoms with Crippen LogP contribution in [0, 0.1) is 0 Å². The Labute approximate surface area is 120 Å². The number of nitrogens with zero attached hydrogens (tertiary/aromatic N) is 2. The third kappa shape index (κ3) is 4.43. The summed E-state index contributed by atoms with van der Waals surface area (Å²) in [6, 6.07) is 8.01. The maximum Gasteiger partial charge on any atom is 0.193 e. The van der Waals surface area contributed by atoms with Gasteiger partial charge in [0.15, 0.2) is 5.96 Å². The van der Waals surface area contributed by atoms with E-state index >= 15 is 0 Å². The minimum Gasteiger partial charge on any atom is -0.357 e. The van der Waals surface area contributed by atoms with Crippen LogP contribution in [0.5, 0.6) is 0 Å². The average molecular weight is 280 g/mol.